The Morgan fingerprint density at radius 2 is 1.96 bits per heavy atom. The number of aromatic nitrogens is 1. The van der Waals surface area contributed by atoms with Crippen molar-refractivity contribution >= 4 is 23.9 Å². The van der Waals surface area contributed by atoms with Gasteiger partial charge >= 0.3 is 11.9 Å². The molecular formula is C21H30N2O5. The quantitative estimate of drug-likeness (QED) is 0.517. The van der Waals surface area contributed by atoms with Crippen molar-refractivity contribution in [2.45, 2.75) is 59.0 Å². The number of hydrogen-bond acceptors (Lipinski definition) is 5. The first-order chi connectivity index (χ1) is 13.2. The average molecular weight is 390 g/mol. The van der Waals surface area contributed by atoms with Crippen LogP contribution < -0.4 is 5.32 Å². The third-order valence-corrected chi connectivity index (χ3v) is 4.71. The first-order valence-electron chi connectivity index (χ1n) is 9.63. The Kier molecular flexibility index (Phi) is 7.43. The Morgan fingerprint density at radius 3 is 2.54 bits per heavy atom. The number of nitrogens with zero attached hydrogens (tertiary/aromatic N) is 1. The van der Waals surface area contributed by atoms with Gasteiger partial charge in [0, 0.05) is 23.5 Å². The van der Waals surface area contributed by atoms with Crippen LogP contribution in [-0.2, 0) is 23.9 Å². The molecule has 1 aromatic rings. The number of amides is 1. The van der Waals surface area contributed by atoms with Crippen LogP contribution in [0.3, 0.4) is 0 Å². The molecule has 1 aliphatic rings. The summed E-state index contributed by atoms with van der Waals surface area (Å²) in [5.74, 6) is -1.46. The van der Waals surface area contributed by atoms with Crippen molar-refractivity contribution in [3.8, 4) is 0 Å². The first-order valence-corrected chi connectivity index (χ1v) is 9.63. The zero-order chi connectivity index (χ0) is 20.8. The molecule has 1 fully saturated rings. The standard InChI is InChI=1S/C21H30N2O5/c1-13(2)10-18(21(26)27-5)22-19(24)12-28-20(25)9-6-16-11-14(3)23(15(16)4)17-7-8-17/h6,9,11,13,17-18H,7-8,10,12H2,1-5H3,(H,22,24)/b9-6+/t18-/m1/s1. The summed E-state index contributed by atoms with van der Waals surface area (Å²) in [5.41, 5.74) is 3.26. The van der Waals surface area contributed by atoms with E-state index in [0.29, 0.717) is 12.5 Å². The van der Waals surface area contributed by atoms with Crippen molar-refractivity contribution in [1.29, 1.82) is 0 Å². The molecule has 154 valence electrons. The van der Waals surface area contributed by atoms with Crippen LogP contribution >= 0.6 is 0 Å². The summed E-state index contributed by atoms with van der Waals surface area (Å²) in [6.07, 6.45) is 5.86. The molecule has 1 aliphatic carbocycles. The minimum absolute atomic E-state index is 0.199. The van der Waals surface area contributed by atoms with E-state index in [1.54, 1.807) is 6.08 Å². The fourth-order valence-electron chi connectivity index (χ4n) is 3.27. The van der Waals surface area contributed by atoms with Crippen LogP contribution in [0.15, 0.2) is 12.1 Å². The minimum Gasteiger partial charge on any atom is -0.467 e. The van der Waals surface area contributed by atoms with Crippen LogP contribution in [0.2, 0.25) is 0 Å². The lowest BCUT2D eigenvalue weighted by molar-refractivity contribution is -0.148. The number of methoxy groups -OCH3 is 1. The van der Waals surface area contributed by atoms with Gasteiger partial charge in [-0.2, -0.15) is 0 Å². The molecule has 0 aliphatic heterocycles. The molecule has 0 bridgehead atoms. The Balaban J connectivity index is 1.86. The monoisotopic (exact) mass is 390 g/mol. The van der Waals surface area contributed by atoms with E-state index in [1.165, 1.54) is 31.7 Å². The normalized spacial score (nSPS) is 14.9. The van der Waals surface area contributed by atoms with E-state index in [1.807, 2.05) is 26.8 Å². The number of aryl methyl sites for hydroxylation is 1. The maximum absolute atomic E-state index is 12.0. The second kappa shape index (κ2) is 9.57. The van der Waals surface area contributed by atoms with Gasteiger partial charge in [-0.05, 0) is 56.7 Å². The number of rotatable bonds is 9. The number of ether oxygens (including phenoxy) is 2. The van der Waals surface area contributed by atoms with Crippen LogP contribution in [0, 0.1) is 19.8 Å². The molecular weight excluding hydrogens is 360 g/mol. The molecule has 7 heteroatoms. The molecule has 1 heterocycles. The highest BCUT2D eigenvalue weighted by atomic mass is 16.5. The van der Waals surface area contributed by atoms with Crippen LogP contribution in [0.1, 0.15) is 56.1 Å². The molecule has 1 aromatic heterocycles. The van der Waals surface area contributed by atoms with Crippen molar-refractivity contribution in [2.24, 2.45) is 5.92 Å². The van der Waals surface area contributed by atoms with Gasteiger partial charge in [-0.1, -0.05) is 13.8 Å². The zero-order valence-electron chi connectivity index (χ0n) is 17.3. The highest BCUT2D eigenvalue weighted by molar-refractivity contribution is 5.90. The van der Waals surface area contributed by atoms with Gasteiger partial charge < -0.3 is 19.4 Å². The second-order valence-corrected chi connectivity index (χ2v) is 7.64. The van der Waals surface area contributed by atoms with Crippen molar-refractivity contribution in [2.75, 3.05) is 13.7 Å². The van der Waals surface area contributed by atoms with Crippen molar-refractivity contribution in [3.05, 3.63) is 29.1 Å². The summed E-state index contributed by atoms with van der Waals surface area (Å²) in [7, 11) is 1.27. The van der Waals surface area contributed by atoms with Crippen molar-refractivity contribution in [3.63, 3.8) is 0 Å². The third-order valence-electron chi connectivity index (χ3n) is 4.71. The summed E-state index contributed by atoms with van der Waals surface area (Å²) in [4.78, 5) is 35.7. The molecule has 0 aromatic carbocycles. The fourth-order valence-corrected chi connectivity index (χ4v) is 3.27. The average Bonchev–Trinajstić information content (AvgIpc) is 3.42. The van der Waals surface area contributed by atoms with E-state index in [0.717, 1.165) is 11.3 Å². The van der Waals surface area contributed by atoms with Gasteiger partial charge in [0.15, 0.2) is 6.61 Å². The largest absolute Gasteiger partial charge is 0.467 e. The molecule has 1 saturated carbocycles. The Morgan fingerprint density at radius 1 is 1.29 bits per heavy atom. The van der Waals surface area contributed by atoms with E-state index in [4.69, 9.17) is 9.47 Å². The van der Waals surface area contributed by atoms with Crippen LogP contribution in [0.5, 0.6) is 0 Å². The number of nitrogens with one attached hydrogen (secondary N) is 1. The lowest BCUT2D eigenvalue weighted by Gasteiger charge is -2.18. The predicted molar refractivity (Wildman–Crippen MR) is 106 cm³/mol. The molecule has 0 unspecified atom stereocenters. The van der Waals surface area contributed by atoms with Crippen molar-refractivity contribution < 1.29 is 23.9 Å². The zero-order valence-corrected chi connectivity index (χ0v) is 17.3. The fraction of sp³-hybridized carbons (Fsp3) is 0.571. The van der Waals surface area contributed by atoms with Gasteiger partial charge in [0.1, 0.15) is 6.04 Å². The molecule has 1 N–H and O–H groups in total. The highest BCUT2D eigenvalue weighted by Gasteiger charge is 2.26. The van der Waals surface area contributed by atoms with E-state index < -0.39 is 30.5 Å². The van der Waals surface area contributed by atoms with Gasteiger partial charge in [-0.3, -0.25) is 4.79 Å². The first kappa shape index (κ1) is 21.7. The Bertz CT molecular complexity index is 759. The van der Waals surface area contributed by atoms with Gasteiger partial charge in [-0.15, -0.1) is 0 Å². The summed E-state index contributed by atoms with van der Waals surface area (Å²) < 4.78 is 12.0. The van der Waals surface area contributed by atoms with Gasteiger partial charge in [0.2, 0.25) is 0 Å². The van der Waals surface area contributed by atoms with Crippen LogP contribution in [0.4, 0.5) is 0 Å². The minimum atomic E-state index is -0.750. The maximum Gasteiger partial charge on any atom is 0.331 e. The molecule has 1 atom stereocenters. The van der Waals surface area contributed by atoms with E-state index in [9.17, 15) is 14.4 Å². The number of carbonyl (C=O) groups excluding carboxylic acids is 3. The molecule has 28 heavy (non-hydrogen) atoms. The summed E-state index contributed by atoms with van der Waals surface area (Å²) in [6.45, 7) is 7.52. The maximum atomic E-state index is 12.0. The Hall–Kier alpha value is -2.57. The molecule has 2 rings (SSSR count). The topological polar surface area (TPSA) is 86.6 Å². The van der Waals surface area contributed by atoms with Gasteiger partial charge in [0.25, 0.3) is 5.91 Å². The Labute approximate surface area is 166 Å². The van der Waals surface area contributed by atoms with Crippen molar-refractivity contribution in [1.82, 2.24) is 9.88 Å². The van der Waals surface area contributed by atoms with Gasteiger partial charge in [0.05, 0.1) is 7.11 Å². The molecule has 0 radical (unpaired) electrons. The predicted octanol–water partition coefficient (Wildman–Crippen LogP) is 2.70. The summed E-state index contributed by atoms with van der Waals surface area (Å²) >= 11 is 0. The number of carbonyl (C=O) groups is 3. The van der Waals surface area contributed by atoms with Crippen LogP contribution in [-0.4, -0.2) is 42.2 Å². The molecule has 7 nitrogen and oxygen atoms in total. The van der Waals surface area contributed by atoms with Crippen LogP contribution in [0.25, 0.3) is 6.08 Å². The molecule has 0 saturated heterocycles. The van der Waals surface area contributed by atoms with E-state index in [-0.39, 0.29) is 5.92 Å². The summed E-state index contributed by atoms with van der Waals surface area (Å²) in [6, 6.07) is 1.86. The smallest absolute Gasteiger partial charge is 0.331 e. The van der Waals surface area contributed by atoms with E-state index in [2.05, 4.69) is 16.8 Å². The molecule has 1 amide bonds. The lowest BCUT2D eigenvalue weighted by Crippen LogP contribution is -2.44. The molecule has 0 spiro atoms. The SMILES string of the molecule is COC(=O)[C@@H](CC(C)C)NC(=O)COC(=O)/C=C/c1cc(C)n(C2CC2)c1C. The number of hydrogen-bond donors (Lipinski definition) is 1. The summed E-state index contributed by atoms with van der Waals surface area (Å²) in [5, 5.41) is 2.55. The lowest BCUT2D eigenvalue weighted by atomic mass is 10.0. The third kappa shape index (κ3) is 5.97. The van der Waals surface area contributed by atoms with Gasteiger partial charge in [-0.25, -0.2) is 9.59 Å². The highest BCUT2D eigenvalue weighted by Crippen LogP contribution is 2.38. The second-order valence-electron chi connectivity index (χ2n) is 7.64. The number of esters is 2. The van der Waals surface area contributed by atoms with E-state index >= 15 is 0 Å².